The van der Waals surface area contributed by atoms with Gasteiger partial charge in [0.25, 0.3) is 0 Å². The summed E-state index contributed by atoms with van der Waals surface area (Å²) < 4.78 is 5.38. The number of aromatic amines is 1. The highest BCUT2D eigenvalue weighted by atomic mass is 16.5. The third-order valence-corrected chi connectivity index (χ3v) is 2.16. The summed E-state index contributed by atoms with van der Waals surface area (Å²) >= 11 is 0. The Balaban J connectivity index is 2.45. The number of rotatable bonds is 6. The topological polar surface area (TPSA) is 71.3 Å². The molecule has 1 rings (SSSR count). The second kappa shape index (κ2) is 6.30. The van der Waals surface area contributed by atoms with Crippen LogP contribution >= 0.6 is 0 Å². The summed E-state index contributed by atoms with van der Waals surface area (Å²) in [6, 6.07) is 1.47. The predicted molar refractivity (Wildman–Crippen MR) is 63.6 cm³/mol. The van der Waals surface area contributed by atoms with Crippen molar-refractivity contribution in [2.75, 3.05) is 27.2 Å². The summed E-state index contributed by atoms with van der Waals surface area (Å²) in [6.45, 7) is 1.82. The lowest BCUT2D eigenvalue weighted by Crippen LogP contribution is -2.17. The molecular formula is C11H19N3O2. The maximum absolute atomic E-state index is 11.5. The van der Waals surface area contributed by atoms with Gasteiger partial charge in [-0.05, 0) is 20.5 Å². The summed E-state index contributed by atoms with van der Waals surface area (Å²) in [5.41, 5.74) is 6.00. The molecule has 0 aliphatic rings. The number of aromatic nitrogens is 1. The zero-order valence-electron chi connectivity index (χ0n) is 9.82. The Hall–Kier alpha value is -1.33. The minimum Gasteiger partial charge on any atom is -0.488 e. The van der Waals surface area contributed by atoms with Crippen LogP contribution in [0.1, 0.15) is 12.1 Å². The second-order valence-electron chi connectivity index (χ2n) is 3.90. The number of H-pyrrole nitrogens is 1. The number of hydrogen-bond donors (Lipinski definition) is 2. The first-order valence-electron chi connectivity index (χ1n) is 5.32. The fraction of sp³-hybridized carbons (Fsp3) is 0.545. The summed E-state index contributed by atoms with van der Waals surface area (Å²) in [6.07, 6.45) is 2.46. The third-order valence-electron chi connectivity index (χ3n) is 2.16. The van der Waals surface area contributed by atoms with Crippen molar-refractivity contribution in [3.8, 4) is 5.75 Å². The maximum Gasteiger partial charge on any atom is 0.223 e. The van der Waals surface area contributed by atoms with Crippen molar-refractivity contribution >= 4 is 0 Å². The average molecular weight is 225 g/mol. The number of nitrogens with zero attached hydrogens (tertiary/aromatic N) is 1. The Labute approximate surface area is 95.2 Å². The molecule has 0 bridgehead atoms. The minimum absolute atomic E-state index is 0.121. The molecule has 16 heavy (non-hydrogen) atoms. The third kappa shape index (κ3) is 4.04. The van der Waals surface area contributed by atoms with E-state index in [2.05, 4.69) is 9.88 Å². The highest BCUT2D eigenvalue weighted by Gasteiger charge is 2.01. The number of pyridine rings is 1. The molecule has 90 valence electrons. The van der Waals surface area contributed by atoms with Crippen molar-refractivity contribution < 1.29 is 4.74 Å². The van der Waals surface area contributed by atoms with Crippen LogP contribution < -0.4 is 15.9 Å². The molecule has 5 heteroatoms. The first-order chi connectivity index (χ1) is 7.63. The summed E-state index contributed by atoms with van der Waals surface area (Å²) in [5, 5.41) is 0. The van der Waals surface area contributed by atoms with Crippen LogP contribution in [0.2, 0.25) is 0 Å². The van der Waals surface area contributed by atoms with Gasteiger partial charge in [0.15, 0.2) is 5.75 Å². The maximum atomic E-state index is 11.5. The second-order valence-corrected chi connectivity index (χ2v) is 3.90. The summed E-state index contributed by atoms with van der Waals surface area (Å²) in [7, 11) is 4.01. The van der Waals surface area contributed by atoms with Gasteiger partial charge in [-0.1, -0.05) is 0 Å². The molecule has 0 unspecified atom stereocenters. The first kappa shape index (κ1) is 12.7. The molecule has 0 spiro atoms. The zero-order chi connectivity index (χ0) is 12.0. The van der Waals surface area contributed by atoms with Crippen LogP contribution in [0.3, 0.4) is 0 Å². The standard InChI is InChI=1S/C11H19N3O2/c1-14(2)4-3-5-16-11-8-13-9(7-12)6-10(11)15/h6,8H,3-5,7,12H2,1-2H3,(H,13,15). The predicted octanol–water partition coefficient (Wildman–Crippen LogP) is 0.164. The van der Waals surface area contributed by atoms with E-state index >= 15 is 0 Å². The lowest BCUT2D eigenvalue weighted by molar-refractivity contribution is 0.278. The van der Waals surface area contributed by atoms with E-state index < -0.39 is 0 Å². The molecule has 0 fully saturated rings. The molecule has 0 radical (unpaired) electrons. The molecule has 0 saturated carbocycles. The minimum atomic E-state index is -0.121. The molecule has 0 aliphatic carbocycles. The van der Waals surface area contributed by atoms with Crippen molar-refractivity contribution in [3.05, 3.63) is 28.2 Å². The molecule has 0 atom stereocenters. The molecule has 5 nitrogen and oxygen atoms in total. The fourth-order valence-corrected chi connectivity index (χ4v) is 1.29. The fourth-order valence-electron chi connectivity index (χ4n) is 1.29. The van der Waals surface area contributed by atoms with Crippen LogP contribution in [0, 0.1) is 0 Å². The van der Waals surface area contributed by atoms with Crippen molar-refractivity contribution in [1.29, 1.82) is 0 Å². The Bertz CT molecular complexity index is 374. The van der Waals surface area contributed by atoms with Gasteiger partial charge in [0.05, 0.1) is 6.61 Å². The van der Waals surface area contributed by atoms with Crippen LogP contribution in [0.4, 0.5) is 0 Å². The van der Waals surface area contributed by atoms with E-state index in [4.69, 9.17) is 10.5 Å². The Morgan fingerprint density at radius 2 is 2.25 bits per heavy atom. The quantitative estimate of drug-likeness (QED) is 0.677. The summed E-state index contributed by atoms with van der Waals surface area (Å²) in [5.74, 6) is 0.357. The molecule has 0 saturated heterocycles. The Morgan fingerprint density at radius 1 is 1.50 bits per heavy atom. The van der Waals surface area contributed by atoms with Gasteiger partial charge in [0.2, 0.25) is 5.43 Å². The smallest absolute Gasteiger partial charge is 0.223 e. The van der Waals surface area contributed by atoms with E-state index in [0.29, 0.717) is 24.6 Å². The van der Waals surface area contributed by atoms with Gasteiger partial charge in [-0.25, -0.2) is 0 Å². The number of ether oxygens (including phenoxy) is 1. The van der Waals surface area contributed by atoms with Crippen LogP contribution in [0.15, 0.2) is 17.1 Å². The first-order valence-corrected chi connectivity index (χ1v) is 5.32. The Kier molecular flexibility index (Phi) is 5.01. The molecule has 1 aromatic rings. The molecule has 0 aliphatic heterocycles. The Morgan fingerprint density at radius 3 is 2.81 bits per heavy atom. The largest absolute Gasteiger partial charge is 0.488 e. The highest BCUT2D eigenvalue weighted by molar-refractivity contribution is 5.20. The SMILES string of the molecule is CN(C)CCCOc1c[nH]c(CN)cc1=O. The van der Waals surface area contributed by atoms with E-state index in [1.165, 1.54) is 6.07 Å². The van der Waals surface area contributed by atoms with E-state index in [1.54, 1.807) is 6.20 Å². The van der Waals surface area contributed by atoms with E-state index in [-0.39, 0.29) is 5.43 Å². The van der Waals surface area contributed by atoms with Gasteiger partial charge in [-0.3, -0.25) is 4.79 Å². The van der Waals surface area contributed by atoms with Gasteiger partial charge in [0.1, 0.15) is 0 Å². The molecular weight excluding hydrogens is 206 g/mol. The zero-order valence-corrected chi connectivity index (χ0v) is 9.82. The number of nitrogens with two attached hydrogens (primary N) is 1. The van der Waals surface area contributed by atoms with Crippen LogP contribution in [0.25, 0.3) is 0 Å². The van der Waals surface area contributed by atoms with Crippen LogP contribution in [0.5, 0.6) is 5.75 Å². The molecule has 1 aromatic heterocycles. The molecule has 3 N–H and O–H groups in total. The van der Waals surface area contributed by atoms with Gasteiger partial charge in [0, 0.05) is 31.0 Å². The number of nitrogens with one attached hydrogen (secondary N) is 1. The highest BCUT2D eigenvalue weighted by Crippen LogP contribution is 2.02. The van der Waals surface area contributed by atoms with E-state index in [1.807, 2.05) is 14.1 Å². The van der Waals surface area contributed by atoms with E-state index in [0.717, 1.165) is 13.0 Å². The lowest BCUT2D eigenvalue weighted by atomic mass is 10.3. The number of hydrogen-bond acceptors (Lipinski definition) is 4. The van der Waals surface area contributed by atoms with E-state index in [9.17, 15) is 4.79 Å². The monoisotopic (exact) mass is 225 g/mol. The molecule has 0 aromatic carbocycles. The van der Waals surface area contributed by atoms with Gasteiger partial charge in [-0.15, -0.1) is 0 Å². The van der Waals surface area contributed by atoms with Gasteiger partial charge < -0.3 is 20.4 Å². The molecule has 1 heterocycles. The van der Waals surface area contributed by atoms with Crippen molar-refractivity contribution in [1.82, 2.24) is 9.88 Å². The van der Waals surface area contributed by atoms with Gasteiger partial charge in [-0.2, -0.15) is 0 Å². The van der Waals surface area contributed by atoms with Crippen LogP contribution in [-0.4, -0.2) is 37.1 Å². The van der Waals surface area contributed by atoms with Crippen molar-refractivity contribution in [3.63, 3.8) is 0 Å². The van der Waals surface area contributed by atoms with Crippen LogP contribution in [-0.2, 0) is 6.54 Å². The van der Waals surface area contributed by atoms with Crippen molar-refractivity contribution in [2.45, 2.75) is 13.0 Å². The lowest BCUT2D eigenvalue weighted by Gasteiger charge is -2.10. The molecule has 0 amide bonds. The normalized spacial score (nSPS) is 10.8. The summed E-state index contributed by atoms with van der Waals surface area (Å²) in [4.78, 5) is 16.5. The van der Waals surface area contributed by atoms with Gasteiger partial charge >= 0.3 is 0 Å². The average Bonchev–Trinajstić information content (AvgIpc) is 2.25. The van der Waals surface area contributed by atoms with Crippen molar-refractivity contribution in [2.24, 2.45) is 5.73 Å².